The maximum Gasteiger partial charge on any atom is 0.287 e. The Balaban J connectivity index is 1.60. The lowest BCUT2D eigenvalue weighted by atomic mass is 10.1. The number of aromatic amines is 1. The minimum atomic E-state index is -0.0700. The Kier molecular flexibility index (Phi) is 3.54. The second-order valence-electron chi connectivity index (χ2n) is 6.57. The second-order valence-corrected chi connectivity index (χ2v) is 6.57. The molecular formula is C15H24N4O. The summed E-state index contributed by atoms with van der Waals surface area (Å²) < 4.78 is 0. The minimum absolute atomic E-state index is 0.0700. The molecule has 2 N–H and O–H groups in total. The molecule has 5 heteroatoms. The zero-order valence-corrected chi connectivity index (χ0v) is 12.5. The van der Waals surface area contributed by atoms with Gasteiger partial charge in [-0.1, -0.05) is 6.92 Å². The maximum atomic E-state index is 12.3. The van der Waals surface area contributed by atoms with Crippen LogP contribution in [0, 0.1) is 5.92 Å². The molecule has 0 spiro atoms. The van der Waals surface area contributed by atoms with Gasteiger partial charge in [0.25, 0.3) is 5.91 Å². The SMILES string of the molecule is CC(C)N1C[C@H](NC(=O)c2ncc(C3CC3)[nH]2)[C@@H](C)C1. The lowest BCUT2D eigenvalue weighted by Crippen LogP contribution is -2.40. The van der Waals surface area contributed by atoms with E-state index in [-0.39, 0.29) is 11.9 Å². The van der Waals surface area contributed by atoms with Gasteiger partial charge in [-0.3, -0.25) is 9.69 Å². The largest absolute Gasteiger partial charge is 0.345 e. The van der Waals surface area contributed by atoms with Crippen molar-refractivity contribution >= 4 is 5.91 Å². The Morgan fingerprint density at radius 3 is 2.80 bits per heavy atom. The average Bonchev–Trinajstić information content (AvgIpc) is 3.01. The molecule has 1 aromatic rings. The molecule has 1 amide bonds. The lowest BCUT2D eigenvalue weighted by Gasteiger charge is -2.20. The maximum absolute atomic E-state index is 12.3. The number of nitrogens with zero attached hydrogens (tertiary/aromatic N) is 2. The van der Waals surface area contributed by atoms with Crippen molar-refractivity contribution in [2.24, 2.45) is 5.92 Å². The molecule has 2 aliphatic rings. The molecule has 1 saturated carbocycles. The van der Waals surface area contributed by atoms with E-state index >= 15 is 0 Å². The number of rotatable bonds is 4. The van der Waals surface area contributed by atoms with E-state index < -0.39 is 0 Å². The molecule has 1 saturated heterocycles. The van der Waals surface area contributed by atoms with E-state index in [0.29, 0.717) is 23.7 Å². The number of nitrogens with one attached hydrogen (secondary N) is 2. The minimum Gasteiger partial charge on any atom is -0.345 e. The Labute approximate surface area is 120 Å². The van der Waals surface area contributed by atoms with Gasteiger partial charge in [0, 0.05) is 43.0 Å². The van der Waals surface area contributed by atoms with Crippen LogP contribution in [-0.4, -0.2) is 45.9 Å². The van der Waals surface area contributed by atoms with E-state index in [1.54, 1.807) is 0 Å². The van der Waals surface area contributed by atoms with Crippen molar-refractivity contribution < 1.29 is 4.79 Å². The molecule has 1 aromatic heterocycles. The fraction of sp³-hybridized carbons (Fsp3) is 0.733. The smallest absolute Gasteiger partial charge is 0.287 e. The second kappa shape index (κ2) is 5.20. The molecule has 0 radical (unpaired) electrons. The fourth-order valence-corrected chi connectivity index (χ4v) is 2.90. The molecule has 2 fully saturated rings. The van der Waals surface area contributed by atoms with Gasteiger partial charge in [0.2, 0.25) is 0 Å². The van der Waals surface area contributed by atoms with Gasteiger partial charge in [0.1, 0.15) is 0 Å². The fourth-order valence-electron chi connectivity index (χ4n) is 2.90. The number of carbonyl (C=O) groups is 1. The Bertz CT molecular complexity index is 492. The Morgan fingerprint density at radius 2 is 2.20 bits per heavy atom. The van der Waals surface area contributed by atoms with Gasteiger partial charge in [0.15, 0.2) is 5.82 Å². The summed E-state index contributed by atoms with van der Waals surface area (Å²) in [6.07, 6.45) is 4.24. The number of carbonyl (C=O) groups excluding carboxylic acids is 1. The number of amides is 1. The van der Waals surface area contributed by atoms with Crippen LogP contribution in [0.5, 0.6) is 0 Å². The van der Waals surface area contributed by atoms with Crippen molar-refractivity contribution in [3.63, 3.8) is 0 Å². The van der Waals surface area contributed by atoms with Gasteiger partial charge >= 0.3 is 0 Å². The summed E-state index contributed by atoms with van der Waals surface area (Å²) >= 11 is 0. The van der Waals surface area contributed by atoms with Crippen LogP contribution in [0.1, 0.15) is 55.8 Å². The van der Waals surface area contributed by atoms with Crippen LogP contribution in [0.2, 0.25) is 0 Å². The van der Waals surface area contributed by atoms with Crippen molar-refractivity contribution in [1.82, 2.24) is 20.2 Å². The lowest BCUT2D eigenvalue weighted by molar-refractivity contribution is 0.0921. The zero-order chi connectivity index (χ0) is 14.3. The van der Waals surface area contributed by atoms with E-state index in [2.05, 4.69) is 41.0 Å². The Hall–Kier alpha value is -1.36. The molecule has 2 atom stereocenters. The predicted octanol–water partition coefficient (Wildman–Crippen LogP) is 1.75. The standard InChI is InChI=1S/C15H24N4O/c1-9(2)19-7-10(3)13(8-19)18-15(20)14-16-6-12(17-14)11-4-5-11/h6,9-11,13H,4-5,7-8H2,1-3H3,(H,16,17)(H,18,20)/t10-,13-/m0/s1. The number of H-pyrrole nitrogens is 1. The number of likely N-dealkylation sites (tertiary alicyclic amines) is 1. The highest BCUT2D eigenvalue weighted by molar-refractivity contribution is 5.90. The summed E-state index contributed by atoms with van der Waals surface area (Å²) in [5, 5.41) is 3.13. The third-order valence-corrected chi connectivity index (χ3v) is 4.52. The number of imidazole rings is 1. The highest BCUT2D eigenvalue weighted by atomic mass is 16.2. The molecule has 3 rings (SSSR count). The third kappa shape index (κ3) is 2.73. The molecule has 1 aliphatic carbocycles. The van der Waals surface area contributed by atoms with E-state index in [0.717, 1.165) is 18.8 Å². The molecule has 2 heterocycles. The normalized spacial score (nSPS) is 27.2. The van der Waals surface area contributed by atoms with Crippen LogP contribution >= 0.6 is 0 Å². The first kappa shape index (κ1) is 13.6. The van der Waals surface area contributed by atoms with Crippen LogP contribution in [0.4, 0.5) is 0 Å². The van der Waals surface area contributed by atoms with Crippen molar-refractivity contribution in [3.8, 4) is 0 Å². The molecule has 110 valence electrons. The zero-order valence-electron chi connectivity index (χ0n) is 12.5. The summed E-state index contributed by atoms with van der Waals surface area (Å²) in [6.45, 7) is 8.58. The topological polar surface area (TPSA) is 61.0 Å². The van der Waals surface area contributed by atoms with Gasteiger partial charge in [0.05, 0.1) is 0 Å². The van der Waals surface area contributed by atoms with Crippen molar-refractivity contribution in [1.29, 1.82) is 0 Å². The first-order valence-corrected chi connectivity index (χ1v) is 7.64. The van der Waals surface area contributed by atoms with Gasteiger partial charge in [-0.2, -0.15) is 0 Å². The Morgan fingerprint density at radius 1 is 1.45 bits per heavy atom. The van der Waals surface area contributed by atoms with E-state index in [1.165, 1.54) is 12.8 Å². The molecule has 5 nitrogen and oxygen atoms in total. The average molecular weight is 276 g/mol. The van der Waals surface area contributed by atoms with Gasteiger partial charge in [-0.25, -0.2) is 4.98 Å². The number of hydrogen-bond donors (Lipinski definition) is 2. The van der Waals surface area contributed by atoms with Crippen molar-refractivity contribution in [2.45, 2.75) is 51.6 Å². The van der Waals surface area contributed by atoms with Crippen LogP contribution in [0.25, 0.3) is 0 Å². The van der Waals surface area contributed by atoms with Crippen LogP contribution in [0.3, 0.4) is 0 Å². The highest BCUT2D eigenvalue weighted by Crippen LogP contribution is 2.38. The summed E-state index contributed by atoms with van der Waals surface area (Å²) in [6, 6.07) is 0.754. The van der Waals surface area contributed by atoms with Gasteiger partial charge in [-0.15, -0.1) is 0 Å². The molecule has 0 unspecified atom stereocenters. The summed E-state index contributed by atoms with van der Waals surface area (Å²) in [5.41, 5.74) is 1.11. The molecular weight excluding hydrogens is 252 g/mol. The van der Waals surface area contributed by atoms with E-state index in [9.17, 15) is 4.79 Å². The van der Waals surface area contributed by atoms with Gasteiger partial charge in [-0.05, 0) is 32.6 Å². The monoisotopic (exact) mass is 276 g/mol. The first-order chi connectivity index (χ1) is 9.54. The number of aromatic nitrogens is 2. The third-order valence-electron chi connectivity index (χ3n) is 4.52. The summed E-state index contributed by atoms with van der Waals surface area (Å²) in [7, 11) is 0. The molecule has 0 bridgehead atoms. The van der Waals surface area contributed by atoms with Crippen LogP contribution in [0.15, 0.2) is 6.20 Å². The van der Waals surface area contributed by atoms with Crippen LogP contribution < -0.4 is 5.32 Å². The van der Waals surface area contributed by atoms with Crippen LogP contribution in [-0.2, 0) is 0 Å². The first-order valence-electron chi connectivity index (χ1n) is 7.64. The van der Waals surface area contributed by atoms with Crippen molar-refractivity contribution in [2.75, 3.05) is 13.1 Å². The quantitative estimate of drug-likeness (QED) is 0.880. The predicted molar refractivity (Wildman–Crippen MR) is 77.7 cm³/mol. The molecule has 20 heavy (non-hydrogen) atoms. The van der Waals surface area contributed by atoms with E-state index in [4.69, 9.17) is 0 Å². The van der Waals surface area contributed by atoms with Crippen molar-refractivity contribution in [3.05, 3.63) is 17.7 Å². The van der Waals surface area contributed by atoms with Gasteiger partial charge < -0.3 is 10.3 Å². The van der Waals surface area contributed by atoms with E-state index in [1.807, 2.05) is 6.20 Å². The molecule has 0 aromatic carbocycles. The summed E-state index contributed by atoms with van der Waals surface area (Å²) in [4.78, 5) is 22.0. The molecule has 1 aliphatic heterocycles. The number of hydrogen-bond acceptors (Lipinski definition) is 3. The highest BCUT2D eigenvalue weighted by Gasteiger charge is 2.33. The summed E-state index contributed by atoms with van der Waals surface area (Å²) in [5.74, 6) is 1.48.